The summed E-state index contributed by atoms with van der Waals surface area (Å²) in [6.07, 6.45) is 2.31. The van der Waals surface area contributed by atoms with Crippen molar-refractivity contribution in [2.75, 3.05) is 25.1 Å². The molecule has 2 nitrogen and oxygen atoms in total. The van der Waals surface area contributed by atoms with Gasteiger partial charge in [0, 0.05) is 13.2 Å². The van der Waals surface area contributed by atoms with E-state index in [1.54, 1.807) is 0 Å². The first kappa shape index (κ1) is 12.3. The minimum atomic E-state index is 0.727. The van der Waals surface area contributed by atoms with Crippen LogP contribution in [0.3, 0.4) is 0 Å². The number of para-hydroxylation sites is 1. The fraction of sp³-hybridized carbons (Fsp3) is 0.500. The number of benzene rings is 1. The second kappa shape index (κ2) is 7.55. The third kappa shape index (κ3) is 5.05. The van der Waals surface area contributed by atoms with Gasteiger partial charge >= 0.3 is 0 Å². The van der Waals surface area contributed by atoms with Gasteiger partial charge in [0.05, 0.1) is 17.3 Å². The highest BCUT2D eigenvalue weighted by molar-refractivity contribution is 6.33. The van der Waals surface area contributed by atoms with E-state index in [1.807, 2.05) is 24.3 Å². The number of nitrogens with one attached hydrogen (secondary N) is 1. The topological polar surface area (TPSA) is 21.3 Å². The summed E-state index contributed by atoms with van der Waals surface area (Å²) in [5, 5.41) is 3.99. The fourth-order valence-electron chi connectivity index (χ4n) is 1.21. The molecule has 0 aliphatic heterocycles. The molecule has 0 radical (unpaired) electrons. The third-order valence-corrected chi connectivity index (χ3v) is 2.41. The van der Waals surface area contributed by atoms with Crippen LogP contribution in [-0.2, 0) is 4.74 Å². The van der Waals surface area contributed by atoms with Gasteiger partial charge in [-0.05, 0) is 18.6 Å². The Hall–Kier alpha value is -0.730. The Morgan fingerprint density at radius 1 is 1.27 bits per heavy atom. The van der Waals surface area contributed by atoms with E-state index in [0.29, 0.717) is 0 Å². The van der Waals surface area contributed by atoms with Crippen molar-refractivity contribution in [2.45, 2.75) is 19.8 Å². The Labute approximate surface area is 96.6 Å². The van der Waals surface area contributed by atoms with Gasteiger partial charge < -0.3 is 10.1 Å². The van der Waals surface area contributed by atoms with Gasteiger partial charge in [-0.1, -0.05) is 37.1 Å². The van der Waals surface area contributed by atoms with Gasteiger partial charge in [0.2, 0.25) is 0 Å². The molecule has 3 heteroatoms. The van der Waals surface area contributed by atoms with Gasteiger partial charge in [-0.2, -0.15) is 0 Å². The molecule has 15 heavy (non-hydrogen) atoms. The maximum Gasteiger partial charge on any atom is 0.0639 e. The lowest BCUT2D eigenvalue weighted by atomic mass is 10.3. The standard InChI is InChI=1S/C12H18ClNO/c1-2-3-9-15-10-8-14-12-7-5-4-6-11(12)13/h4-7,14H,2-3,8-10H2,1H3. The van der Waals surface area contributed by atoms with Crippen LogP contribution < -0.4 is 5.32 Å². The van der Waals surface area contributed by atoms with Gasteiger partial charge in [0.15, 0.2) is 0 Å². The quantitative estimate of drug-likeness (QED) is 0.720. The average Bonchev–Trinajstić information content (AvgIpc) is 2.25. The van der Waals surface area contributed by atoms with E-state index >= 15 is 0 Å². The summed E-state index contributed by atoms with van der Waals surface area (Å²) in [5.74, 6) is 0. The van der Waals surface area contributed by atoms with Crippen LogP contribution in [0, 0.1) is 0 Å². The van der Waals surface area contributed by atoms with Crippen LogP contribution in [0.1, 0.15) is 19.8 Å². The molecule has 0 saturated heterocycles. The van der Waals surface area contributed by atoms with E-state index in [4.69, 9.17) is 16.3 Å². The molecule has 1 aromatic carbocycles. The van der Waals surface area contributed by atoms with Crippen LogP contribution >= 0.6 is 11.6 Å². The Morgan fingerprint density at radius 2 is 2.07 bits per heavy atom. The molecule has 0 fully saturated rings. The zero-order valence-corrected chi connectivity index (χ0v) is 9.89. The van der Waals surface area contributed by atoms with Crippen molar-refractivity contribution in [3.05, 3.63) is 29.3 Å². The van der Waals surface area contributed by atoms with Crippen molar-refractivity contribution in [2.24, 2.45) is 0 Å². The van der Waals surface area contributed by atoms with Crippen molar-refractivity contribution in [1.29, 1.82) is 0 Å². The molecule has 0 atom stereocenters. The van der Waals surface area contributed by atoms with Crippen LogP contribution in [-0.4, -0.2) is 19.8 Å². The second-order valence-electron chi connectivity index (χ2n) is 3.37. The summed E-state index contributed by atoms with van der Waals surface area (Å²) >= 11 is 5.98. The highest BCUT2D eigenvalue weighted by Gasteiger charge is 1.96. The van der Waals surface area contributed by atoms with Crippen molar-refractivity contribution >= 4 is 17.3 Å². The van der Waals surface area contributed by atoms with Gasteiger partial charge in [-0.25, -0.2) is 0 Å². The third-order valence-electron chi connectivity index (χ3n) is 2.08. The van der Waals surface area contributed by atoms with E-state index in [1.165, 1.54) is 6.42 Å². The zero-order valence-electron chi connectivity index (χ0n) is 9.13. The fourth-order valence-corrected chi connectivity index (χ4v) is 1.41. The minimum Gasteiger partial charge on any atom is -0.382 e. The van der Waals surface area contributed by atoms with Crippen molar-refractivity contribution in [1.82, 2.24) is 0 Å². The molecule has 0 aromatic heterocycles. The van der Waals surface area contributed by atoms with E-state index in [-0.39, 0.29) is 0 Å². The Balaban J connectivity index is 2.12. The molecule has 0 saturated carbocycles. The maximum absolute atomic E-state index is 5.98. The molecule has 0 heterocycles. The lowest BCUT2D eigenvalue weighted by Gasteiger charge is -2.08. The minimum absolute atomic E-state index is 0.727. The molecule has 0 aliphatic rings. The van der Waals surface area contributed by atoms with Crippen LogP contribution in [0.4, 0.5) is 5.69 Å². The molecular weight excluding hydrogens is 210 g/mol. The van der Waals surface area contributed by atoms with Crippen molar-refractivity contribution < 1.29 is 4.74 Å². The van der Waals surface area contributed by atoms with Gasteiger partial charge in [-0.3, -0.25) is 0 Å². The van der Waals surface area contributed by atoms with E-state index in [9.17, 15) is 0 Å². The summed E-state index contributed by atoms with van der Waals surface area (Å²) in [7, 11) is 0. The maximum atomic E-state index is 5.98. The lowest BCUT2D eigenvalue weighted by Crippen LogP contribution is -2.10. The van der Waals surface area contributed by atoms with Crippen molar-refractivity contribution in [3.63, 3.8) is 0 Å². The summed E-state index contributed by atoms with van der Waals surface area (Å²) < 4.78 is 5.43. The molecule has 84 valence electrons. The number of hydrogen-bond donors (Lipinski definition) is 1. The van der Waals surface area contributed by atoms with E-state index in [2.05, 4.69) is 12.2 Å². The number of unbranched alkanes of at least 4 members (excludes halogenated alkanes) is 1. The Kier molecular flexibility index (Phi) is 6.21. The predicted octanol–water partition coefficient (Wildman–Crippen LogP) is 3.57. The Morgan fingerprint density at radius 3 is 2.80 bits per heavy atom. The molecule has 1 aromatic rings. The summed E-state index contributed by atoms with van der Waals surface area (Å²) in [5.41, 5.74) is 0.971. The largest absolute Gasteiger partial charge is 0.382 e. The molecule has 1 rings (SSSR count). The summed E-state index contributed by atoms with van der Waals surface area (Å²) in [4.78, 5) is 0. The lowest BCUT2D eigenvalue weighted by molar-refractivity contribution is 0.141. The highest BCUT2D eigenvalue weighted by atomic mass is 35.5. The number of ether oxygens (including phenoxy) is 1. The van der Waals surface area contributed by atoms with Gasteiger partial charge in [-0.15, -0.1) is 0 Å². The van der Waals surface area contributed by atoms with Crippen LogP contribution in [0.2, 0.25) is 5.02 Å². The van der Waals surface area contributed by atoms with Crippen LogP contribution in [0.25, 0.3) is 0 Å². The van der Waals surface area contributed by atoms with E-state index in [0.717, 1.165) is 36.9 Å². The predicted molar refractivity (Wildman–Crippen MR) is 65.7 cm³/mol. The molecule has 0 bridgehead atoms. The molecular formula is C12H18ClNO. The van der Waals surface area contributed by atoms with E-state index < -0.39 is 0 Å². The monoisotopic (exact) mass is 227 g/mol. The summed E-state index contributed by atoms with van der Waals surface area (Å²) in [6.45, 7) is 4.53. The van der Waals surface area contributed by atoms with Crippen molar-refractivity contribution in [3.8, 4) is 0 Å². The first-order chi connectivity index (χ1) is 7.34. The molecule has 0 unspecified atom stereocenters. The second-order valence-corrected chi connectivity index (χ2v) is 3.78. The molecule has 0 aliphatic carbocycles. The summed E-state index contributed by atoms with van der Waals surface area (Å²) in [6, 6.07) is 7.73. The number of hydrogen-bond acceptors (Lipinski definition) is 2. The SMILES string of the molecule is CCCCOCCNc1ccccc1Cl. The smallest absolute Gasteiger partial charge is 0.0639 e. The number of halogens is 1. The van der Waals surface area contributed by atoms with Crippen LogP contribution in [0.15, 0.2) is 24.3 Å². The normalized spacial score (nSPS) is 10.3. The highest BCUT2D eigenvalue weighted by Crippen LogP contribution is 2.19. The molecule has 0 spiro atoms. The number of rotatable bonds is 7. The van der Waals surface area contributed by atoms with Gasteiger partial charge in [0.1, 0.15) is 0 Å². The molecule has 0 amide bonds. The first-order valence-electron chi connectivity index (χ1n) is 5.40. The Bertz CT molecular complexity index is 278. The average molecular weight is 228 g/mol. The van der Waals surface area contributed by atoms with Gasteiger partial charge in [0.25, 0.3) is 0 Å². The first-order valence-corrected chi connectivity index (χ1v) is 5.78. The number of anilines is 1. The molecule has 1 N–H and O–H groups in total. The zero-order chi connectivity index (χ0) is 10.9. The van der Waals surface area contributed by atoms with Crippen LogP contribution in [0.5, 0.6) is 0 Å².